The minimum Gasteiger partial charge on any atom is -0.379 e. The lowest BCUT2D eigenvalue weighted by Crippen LogP contribution is -2.56. The molecule has 2 aliphatic heterocycles. The summed E-state index contributed by atoms with van der Waals surface area (Å²) in [4.78, 5) is 10.5. The number of nitrogens with zero attached hydrogens (tertiary/aromatic N) is 3. The quantitative estimate of drug-likeness (QED) is 0.583. The predicted octanol–water partition coefficient (Wildman–Crippen LogP) is 2.41. The minimum absolute atomic E-state index is 0.411. The fourth-order valence-electron chi connectivity index (χ4n) is 4.27. The Labute approximate surface area is 147 Å². The van der Waals surface area contributed by atoms with E-state index in [0.29, 0.717) is 18.0 Å². The number of hydrogen-bond donors (Lipinski definition) is 0. The number of hydrogen-bond acceptors (Lipinski definition) is 4. The molecule has 0 aromatic heterocycles. The van der Waals surface area contributed by atoms with Gasteiger partial charge < -0.3 is 14.4 Å². The molecule has 0 aromatic rings. The fraction of sp³-hybridized carbons (Fsp3) is 0.947. The summed E-state index contributed by atoms with van der Waals surface area (Å²) >= 11 is 0. The third-order valence-electron chi connectivity index (χ3n) is 5.56. The Morgan fingerprint density at radius 1 is 0.875 bits per heavy atom. The summed E-state index contributed by atoms with van der Waals surface area (Å²) in [6.45, 7) is 12.1. The van der Waals surface area contributed by atoms with Crippen molar-refractivity contribution >= 4 is 5.84 Å². The molecule has 1 aliphatic carbocycles. The van der Waals surface area contributed by atoms with Gasteiger partial charge in [-0.2, -0.15) is 0 Å². The highest BCUT2D eigenvalue weighted by atomic mass is 16.5. The molecule has 138 valence electrons. The third kappa shape index (κ3) is 4.70. The van der Waals surface area contributed by atoms with E-state index in [1.807, 2.05) is 0 Å². The molecule has 2 saturated heterocycles. The molecule has 0 aromatic carbocycles. The lowest BCUT2D eigenvalue weighted by Gasteiger charge is -2.42. The van der Waals surface area contributed by atoms with Gasteiger partial charge in [0.05, 0.1) is 38.5 Å². The summed E-state index contributed by atoms with van der Waals surface area (Å²) in [5, 5.41) is 0. The molecule has 3 rings (SSSR count). The zero-order valence-corrected chi connectivity index (χ0v) is 15.6. The van der Waals surface area contributed by atoms with Crippen LogP contribution in [0.5, 0.6) is 0 Å². The van der Waals surface area contributed by atoms with Crippen molar-refractivity contribution in [1.29, 1.82) is 0 Å². The number of rotatable bonds is 4. The van der Waals surface area contributed by atoms with E-state index in [2.05, 4.69) is 23.6 Å². The molecule has 1 saturated carbocycles. The smallest absolute Gasteiger partial charge is 0.117 e. The Bertz CT molecular complexity index is 395. The van der Waals surface area contributed by atoms with Crippen LogP contribution in [0, 0.1) is 5.92 Å². The van der Waals surface area contributed by atoms with Gasteiger partial charge in [0, 0.05) is 26.2 Å². The molecule has 5 nitrogen and oxygen atoms in total. The van der Waals surface area contributed by atoms with Crippen LogP contribution in [0.1, 0.15) is 46.0 Å². The number of morpholine rings is 2. The van der Waals surface area contributed by atoms with Crippen LogP contribution < -0.4 is 0 Å². The van der Waals surface area contributed by atoms with Gasteiger partial charge in [-0.1, -0.05) is 33.1 Å². The second-order valence-corrected chi connectivity index (χ2v) is 7.72. The van der Waals surface area contributed by atoms with Crippen molar-refractivity contribution in [2.24, 2.45) is 10.9 Å². The van der Waals surface area contributed by atoms with Crippen LogP contribution in [0.2, 0.25) is 0 Å². The van der Waals surface area contributed by atoms with Crippen LogP contribution in [-0.2, 0) is 9.47 Å². The zero-order valence-electron chi connectivity index (χ0n) is 15.6. The first-order valence-corrected chi connectivity index (χ1v) is 9.98. The number of aliphatic imine (C=N–C) groups is 1. The molecule has 1 atom stereocenters. The zero-order chi connectivity index (χ0) is 16.8. The van der Waals surface area contributed by atoms with E-state index in [1.165, 1.54) is 37.9 Å². The second kappa shape index (κ2) is 9.16. The molecule has 2 heterocycles. The first kappa shape index (κ1) is 18.2. The average molecular weight is 338 g/mol. The highest BCUT2D eigenvalue weighted by Crippen LogP contribution is 2.24. The van der Waals surface area contributed by atoms with E-state index in [1.54, 1.807) is 0 Å². The Balaban J connectivity index is 1.83. The largest absolute Gasteiger partial charge is 0.379 e. The van der Waals surface area contributed by atoms with Crippen molar-refractivity contribution in [2.75, 3.05) is 52.6 Å². The molecule has 0 spiro atoms. The van der Waals surface area contributed by atoms with E-state index < -0.39 is 0 Å². The Kier molecular flexibility index (Phi) is 6.93. The maximum absolute atomic E-state index is 5.60. The van der Waals surface area contributed by atoms with E-state index >= 15 is 0 Å². The van der Waals surface area contributed by atoms with Crippen molar-refractivity contribution in [1.82, 2.24) is 9.80 Å². The summed E-state index contributed by atoms with van der Waals surface area (Å²) in [5.41, 5.74) is 0. The Hall–Kier alpha value is -0.650. The lowest BCUT2D eigenvalue weighted by molar-refractivity contribution is 0.0151. The molecule has 0 radical (unpaired) electrons. The minimum atomic E-state index is 0.411. The van der Waals surface area contributed by atoms with Crippen LogP contribution >= 0.6 is 0 Å². The van der Waals surface area contributed by atoms with Crippen LogP contribution in [0.3, 0.4) is 0 Å². The summed E-state index contributed by atoms with van der Waals surface area (Å²) < 4.78 is 11.2. The van der Waals surface area contributed by atoms with Crippen LogP contribution in [0.25, 0.3) is 0 Å². The average Bonchev–Trinajstić information content (AvgIpc) is 2.63. The lowest BCUT2D eigenvalue weighted by atomic mass is 9.94. The predicted molar refractivity (Wildman–Crippen MR) is 97.7 cm³/mol. The van der Waals surface area contributed by atoms with E-state index in [9.17, 15) is 0 Å². The van der Waals surface area contributed by atoms with Crippen molar-refractivity contribution in [3.63, 3.8) is 0 Å². The third-order valence-corrected chi connectivity index (χ3v) is 5.56. The fourth-order valence-corrected chi connectivity index (χ4v) is 4.27. The maximum Gasteiger partial charge on any atom is 0.117 e. The molecular formula is C19H35N3O2. The summed E-state index contributed by atoms with van der Waals surface area (Å²) in [6.07, 6.45) is 6.60. The maximum atomic E-state index is 5.60. The van der Waals surface area contributed by atoms with Crippen LogP contribution in [-0.4, -0.2) is 80.3 Å². The topological polar surface area (TPSA) is 37.3 Å². The Morgan fingerprint density at radius 3 is 2.04 bits per heavy atom. The standard InChI is InChI=1S/C19H35N3O2/c1-16(2)18(21-8-12-23-13-9-21)19(22-10-14-24-15-11-22)20-17-6-4-3-5-7-17/h16-18H,3-15H2,1-2H3. The molecule has 0 amide bonds. The molecule has 1 unspecified atom stereocenters. The van der Waals surface area contributed by atoms with Gasteiger partial charge in [0.25, 0.3) is 0 Å². The highest BCUT2D eigenvalue weighted by Gasteiger charge is 2.33. The molecule has 24 heavy (non-hydrogen) atoms. The van der Waals surface area contributed by atoms with E-state index in [4.69, 9.17) is 14.5 Å². The van der Waals surface area contributed by atoms with Crippen molar-refractivity contribution < 1.29 is 9.47 Å². The van der Waals surface area contributed by atoms with E-state index in [-0.39, 0.29) is 0 Å². The van der Waals surface area contributed by atoms with Gasteiger partial charge >= 0.3 is 0 Å². The van der Waals surface area contributed by atoms with Crippen molar-refractivity contribution in [3.8, 4) is 0 Å². The Morgan fingerprint density at radius 2 is 1.46 bits per heavy atom. The number of amidine groups is 1. The second-order valence-electron chi connectivity index (χ2n) is 7.72. The summed E-state index contributed by atoms with van der Waals surface area (Å²) in [5.74, 6) is 1.90. The molecule has 0 bridgehead atoms. The molecule has 3 aliphatic rings. The van der Waals surface area contributed by atoms with Crippen LogP contribution in [0.15, 0.2) is 4.99 Å². The van der Waals surface area contributed by atoms with Gasteiger partial charge in [0.15, 0.2) is 0 Å². The normalized spacial score (nSPS) is 26.8. The van der Waals surface area contributed by atoms with Crippen LogP contribution in [0.4, 0.5) is 0 Å². The monoisotopic (exact) mass is 337 g/mol. The van der Waals surface area contributed by atoms with Crippen molar-refractivity contribution in [2.45, 2.75) is 58.0 Å². The first-order valence-electron chi connectivity index (χ1n) is 9.98. The highest BCUT2D eigenvalue weighted by molar-refractivity contribution is 5.88. The van der Waals surface area contributed by atoms with Crippen molar-refractivity contribution in [3.05, 3.63) is 0 Å². The molecule has 0 N–H and O–H groups in total. The van der Waals surface area contributed by atoms with Gasteiger partial charge in [-0.05, 0) is 18.8 Å². The first-order chi connectivity index (χ1) is 11.8. The van der Waals surface area contributed by atoms with E-state index in [0.717, 1.165) is 52.6 Å². The van der Waals surface area contributed by atoms with Gasteiger partial charge in [0.1, 0.15) is 5.84 Å². The number of ether oxygens (including phenoxy) is 2. The van der Waals surface area contributed by atoms with Gasteiger partial charge in [0.2, 0.25) is 0 Å². The molecule has 5 heteroatoms. The van der Waals surface area contributed by atoms with Gasteiger partial charge in [-0.15, -0.1) is 0 Å². The molecular weight excluding hydrogens is 302 g/mol. The molecule has 3 fully saturated rings. The summed E-state index contributed by atoms with van der Waals surface area (Å²) in [7, 11) is 0. The van der Waals surface area contributed by atoms with Gasteiger partial charge in [-0.25, -0.2) is 0 Å². The van der Waals surface area contributed by atoms with Gasteiger partial charge in [-0.3, -0.25) is 9.89 Å². The summed E-state index contributed by atoms with van der Waals surface area (Å²) in [6, 6.07) is 0.938. The SMILES string of the molecule is CC(C)C(C(=NC1CCCCC1)N1CCOCC1)N1CCOCC1.